The maximum Gasteiger partial charge on any atom is 0.343 e. The second-order valence-electron chi connectivity index (χ2n) is 2.49. The molecule has 0 saturated carbocycles. The number of carbonyl (C=O) groups excluding carboxylic acids is 1. The zero-order valence-corrected chi connectivity index (χ0v) is 7.99. The summed E-state index contributed by atoms with van der Waals surface area (Å²) in [5.74, 6) is -0.553. The van der Waals surface area contributed by atoms with Crippen LogP contribution in [0.4, 0.5) is 0 Å². The van der Waals surface area contributed by atoms with Gasteiger partial charge in [-0.2, -0.15) is 0 Å². The predicted molar refractivity (Wildman–Crippen MR) is 49.6 cm³/mol. The van der Waals surface area contributed by atoms with E-state index in [1.54, 1.807) is 6.92 Å². The summed E-state index contributed by atoms with van der Waals surface area (Å²) >= 11 is 0. The van der Waals surface area contributed by atoms with Gasteiger partial charge in [0.1, 0.15) is 5.56 Å². The van der Waals surface area contributed by atoms with Gasteiger partial charge in [-0.25, -0.2) is 4.79 Å². The lowest BCUT2D eigenvalue weighted by Crippen LogP contribution is -2.18. The van der Waals surface area contributed by atoms with Crippen LogP contribution in [0.15, 0.2) is 17.2 Å². The molecule has 1 aromatic rings. The first-order valence-electron chi connectivity index (χ1n) is 4.13. The summed E-state index contributed by atoms with van der Waals surface area (Å²) in [5.41, 5.74) is -0.518. The lowest BCUT2D eigenvalue weighted by molar-refractivity contribution is 0.0524. The van der Waals surface area contributed by atoms with Crippen molar-refractivity contribution >= 4 is 5.97 Å². The van der Waals surface area contributed by atoms with Crippen molar-refractivity contribution in [3.8, 4) is 5.75 Å². The average Bonchev–Trinajstić information content (AvgIpc) is 2.18. The number of esters is 1. The zero-order valence-electron chi connectivity index (χ0n) is 7.99. The van der Waals surface area contributed by atoms with Crippen LogP contribution in [0, 0.1) is 0 Å². The Morgan fingerprint density at radius 1 is 1.50 bits per heavy atom. The molecule has 0 fully saturated rings. The Hall–Kier alpha value is -1.78. The van der Waals surface area contributed by atoms with E-state index in [1.165, 1.54) is 19.5 Å². The largest absolute Gasteiger partial charge is 0.491 e. The summed E-state index contributed by atoms with van der Waals surface area (Å²) in [6.07, 6.45) is 2.67. The number of aromatic amines is 1. The van der Waals surface area contributed by atoms with Crippen molar-refractivity contribution in [2.45, 2.75) is 6.92 Å². The molecule has 0 atom stereocenters. The molecular weight excluding hydrogens is 186 g/mol. The van der Waals surface area contributed by atoms with Crippen molar-refractivity contribution in [3.05, 3.63) is 28.2 Å². The first-order chi connectivity index (χ1) is 6.70. The number of carbonyl (C=O) groups is 1. The molecule has 0 aliphatic carbocycles. The van der Waals surface area contributed by atoms with E-state index in [2.05, 4.69) is 4.98 Å². The minimum atomic E-state index is -0.646. The standard InChI is InChI=1S/C9H11NO4/c1-3-14-9(12)6-4-10-5-7(13-2)8(6)11/h4-5H,3H2,1-2H3,(H,10,11). The second kappa shape index (κ2) is 4.45. The van der Waals surface area contributed by atoms with Crippen LogP contribution in [0.3, 0.4) is 0 Å². The summed E-state index contributed by atoms with van der Waals surface area (Å²) in [6.45, 7) is 1.90. The summed E-state index contributed by atoms with van der Waals surface area (Å²) in [5, 5.41) is 0. The van der Waals surface area contributed by atoms with Crippen LogP contribution in [0.5, 0.6) is 5.75 Å². The van der Waals surface area contributed by atoms with Crippen molar-refractivity contribution < 1.29 is 14.3 Å². The molecule has 1 heterocycles. The fourth-order valence-corrected chi connectivity index (χ4v) is 0.977. The van der Waals surface area contributed by atoms with Crippen LogP contribution in [-0.4, -0.2) is 24.7 Å². The fourth-order valence-electron chi connectivity index (χ4n) is 0.977. The summed E-state index contributed by atoms with van der Waals surface area (Å²) in [7, 11) is 1.36. The summed E-state index contributed by atoms with van der Waals surface area (Å²) < 4.78 is 9.46. The predicted octanol–water partition coefficient (Wildman–Crippen LogP) is 0.560. The molecule has 0 unspecified atom stereocenters. The number of methoxy groups -OCH3 is 1. The Kier molecular flexibility index (Phi) is 3.28. The van der Waals surface area contributed by atoms with Gasteiger partial charge in [0.15, 0.2) is 5.75 Å². The van der Waals surface area contributed by atoms with Gasteiger partial charge in [0.25, 0.3) is 0 Å². The van der Waals surface area contributed by atoms with Gasteiger partial charge in [0.05, 0.1) is 13.7 Å². The molecule has 1 aromatic heterocycles. The Morgan fingerprint density at radius 2 is 2.21 bits per heavy atom. The van der Waals surface area contributed by atoms with E-state index in [9.17, 15) is 9.59 Å². The van der Waals surface area contributed by atoms with Gasteiger partial charge in [-0.15, -0.1) is 0 Å². The molecule has 14 heavy (non-hydrogen) atoms. The summed E-state index contributed by atoms with van der Waals surface area (Å²) in [6, 6.07) is 0. The highest BCUT2D eigenvalue weighted by Gasteiger charge is 2.13. The molecular formula is C9H11NO4. The van der Waals surface area contributed by atoms with E-state index >= 15 is 0 Å². The number of pyridine rings is 1. The number of hydrogen-bond acceptors (Lipinski definition) is 4. The van der Waals surface area contributed by atoms with E-state index in [0.29, 0.717) is 0 Å². The summed E-state index contributed by atoms with van der Waals surface area (Å²) in [4.78, 5) is 25.3. The minimum absolute atomic E-state index is 0.0498. The minimum Gasteiger partial charge on any atom is -0.491 e. The van der Waals surface area contributed by atoms with Crippen LogP contribution in [0.25, 0.3) is 0 Å². The quantitative estimate of drug-likeness (QED) is 0.719. The van der Waals surface area contributed by atoms with Crippen LogP contribution < -0.4 is 10.2 Å². The van der Waals surface area contributed by atoms with Gasteiger partial charge in [0.2, 0.25) is 5.43 Å². The van der Waals surface area contributed by atoms with Crippen molar-refractivity contribution in [1.29, 1.82) is 0 Å². The smallest absolute Gasteiger partial charge is 0.343 e. The Balaban J connectivity index is 3.10. The number of hydrogen-bond donors (Lipinski definition) is 1. The first kappa shape index (κ1) is 10.3. The molecule has 0 aromatic carbocycles. The number of rotatable bonds is 3. The van der Waals surface area contributed by atoms with E-state index in [4.69, 9.17) is 9.47 Å². The highest BCUT2D eigenvalue weighted by Crippen LogP contribution is 2.02. The lowest BCUT2D eigenvalue weighted by Gasteiger charge is -2.02. The van der Waals surface area contributed by atoms with Gasteiger partial charge in [-0.05, 0) is 6.92 Å². The fraction of sp³-hybridized carbons (Fsp3) is 0.333. The molecule has 1 N–H and O–H groups in total. The van der Waals surface area contributed by atoms with Crippen LogP contribution in [0.1, 0.15) is 17.3 Å². The molecule has 0 spiro atoms. The van der Waals surface area contributed by atoms with Gasteiger partial charge < -0.3 is 14.5 Å². The molecule has 0 aliphatic heterocycles. The second-order valence-corrected chi connectivity index (χ2v) is 2.49. The Morgan fingerprint density at radius 3 is 2.79 bits per heavy atom. The van der Waals surface area contributed by atoms with Crippen molar-refractivity contribution in [2.75, 3.05) is 13.7 Å². The monoisotopic (exact) mass is 197 g/mol. The molecule has 0 aliphatic rings. The Labute approximate surface area is 80.7 Å². The highest BCUT2D eigenvalue weighted by atomic mass is 16.5. The number of aromatic nitrogens is 1. The third-order valence-electron chi connectivity index (χ3n) is 1.63. The third kappa shape index (κ3) is 1.93. The topological polar surface area (TPSA) is 68.4 Å². The van der Waals surface area contributed by atoms with E-state index in [-0.39, 0.29) is 17.9 Å². The molecule has 0 saturated heterocycles. The zero-order chi connectivity index (χ0) is 10.6. The van der Waals surface area contributed by atoms with Gasteiger partial charge in [0, 0.05) is 12.4 Å². The van der Waals surface area contributed by atoms with Crippen molar-refractivity contribution in [1.82, 2.24) is 4.98 Å². The molecule has 0 bridgehead atoms. The van der Waals surface area contributed by atoms with Gasteiger partial charge in [-0.1, -0.05) is 0 Å². The number of H-pyrrole nitrogens is 1. The maximum atomic E-state index is 11.5. The highest BCUT2D eigenvalue weighted by molar-refractivity contribution is 5.89. The Bertz CT molecular complexity index is 383. The SMILES string of the molecule is CCOC(=O)c1c[nH]cc(OC)c1=O. The molecule has 1 rings (SSSR count). The lowest BCUT2D eigenvalue weighted by atomic mass is 10.2. The van der Waals surface area contributed by atoms with Gasteiger partial charge in [-0.3, -0.25) is 4.79 Å². The van der Waals surface area contributed by atoms with Crippen LogP contribution in [-0.2, 0) is 4.74 Å². The van der Waals surface area contributed by atoms with Gasteiger partial charge >= 0.3 is 5.97 Å². The van der Waals surface area contributed by atoms with Crippen LogP contribution >= 0.6 is 0 Å². The van der Waals surface area contributed by atoms with E-state index < -0.39 is 11.4 Å². The van der Waals surface area contributed by atoms with E-state index in [0.717, 1.165) is 0 Å². The molecule has 76 valence electrons. The molecule has 5 nitrogen and oxygen atoms in total. The molecule has 0 radical (unpaired) electrons. The third-order valence-corrected chi connectivity index (χ3v) is 1.63. The first-order valence-corrected chi connectivity index (χ1v) is 4.13. The average molecular weight is 197 g/mol. The molecule has 5 heteroatoms. The van der Waals surface area contributed by atoms with E-state index in [1.807, 2.05) is 0 Å². The number of ether oxygens (including phenoxy) is 2. The maximum absolute atomic E-state index is 11.5. The van der Waals surface area contributed by atoms with Crippen LogP contribution in [0.2, 0.25) is 0 Å². The molecule has 0 amide bonds. The number of nitrogens with one attached hydrogen (secondary N) is 1. The normalized spacial score (nSPS) is 9.57. The van der Waals surface area contributed by atoms with Crippen molar-refractivity contribution in [2.24, 2.45) is 0 Å². The van der Waals surface area contributed by atoms with Crippen molar-refractivity contribution in [3.63, 3.8) is 0 Å².